The highest BCUT2D eigenvalue weighted by molar-refractivity contribution is 6.30. The molecule has 92 valence electrons. The minimum absolute atomic E-state index is 0.193. The number of nitrogens with one attached hydrogen (secondary N) is 1. The molecule has 1 aromatic heterocycles. The zero-order valence-corrected chi connectivity index (χ0v) is 10.7. The van der Waals surface area contributed by atoms with Gasteiger partial charge >= 0.3 is 0 Å². The fourth-order valence-corrected chi connectivity index (χ4v) is 1.78. The molecule has 1 heterocycles. The van der Waals surface area contributed by atoms with E-state index in [0.29, 0.717) is 12.3 Å². The van der Waals surface area contributed by atoms with Crippen molar-refractivity contribution in [3.05, 3.63) is 58.5 Å². The number of nitriles is 1. The lowest BCUT2D eigenvalue weighted by molar-refractivity contribution is 0.453. The second-order valence-electron chi connectivity index (χ2n) is 4.03. The molecule has 0 aliphatic heterocycles. The monoisotopic (exact) mass is 260 g/mol. The van der Waals surface area contributed by atoms with Gasteiger partial charge in [0.05, 0.1) is 6.54 Å². The third kappa shape index (κ3) is 3.13. The molecule has 0 saturated heterocycles. The Morgan fingerprint density at radius 1 is 1.28 bits per heavy atom. The van der Waals surface area contributed by atoms with Gasteiger partial charge in [-0.2, -0.15) is 5.26 Å². The summed E-state index contributed by atoms with van der Waals surface area (Å²) in [6.07, 6.45) is 0. The van der Waals surface area contributed by atoms with Crippen LogP contribution in [-0.2, 0) is 6.54 Å². The number of furan rings is 1. The molecule has 0 fully saturated rings. The Morgan fingerprint density at radius 3 is 2.61 bits per heavy atom. The van der Waals surface area contributed by atoms with E-state index in [2.05, 4.69) is 12.2 Å². The number of rotatable bonds is 4. The van der Waals surface area contributed by atoms with Gasteiger partial charge in [0, 0.05) is 11.1 Å². The number of benzene rings is 1. The fraction of sp³-hybridized carbons (Fsp3) is 0.214. The van der Waals surface area contributed by atoms with Gasteiger partial charge in [0.25, 0.3) is 0 Å². The second-order valence-corrected chi connectivity index (χ2v) is 4.47. The number of hydrogen-bond donors (Lipinski definition) is 1. The normalized spacial score (nSPS) is 12.1. The topological polar surface area (TPSA) is 49.0 Å². The molecule has 18 heavy (non-hydrogen) atoms. The van der Waals surface area contributed by atoms with Crippen molar-refractivity contribution in [3.8, 4) is 6.07 Å². The van der Waals surface area contributed by atoms with Crippen LogP contribution in [-0.4, -0.2) is 0 Å². The molecule has 0 spiro atoms. The van der Waals surface area contributed by atoms with E-state index in [0.717, 1.165) is 16.3 Å². The molecule has 1 aromatic carbocycles. The van der Waals surface area contributed by atoms with Crippen LogP contribution in [0.1, 0.15) is 30.0 Å². The molecule has 0 bridgehead atoms. The van der Waals surface area contributed by atoms with Crippen molar-refractivity contribution in [1.82, 2.24) is 5.32 Å². The third-order valence-electron chi connectivity index (χ3n) is 2.72. The van der Waals surface area contributed by atoms with Crippen LogP contribution in [0, 0.1) is 11.3 Å². The summed E-state index contributed by atoms with van der Waals surface area (Å²) in [5, 5.41) is 12.7. The highest BCUT2D eigenvalue weighted by atomic mass is 35.5. The van der Waals surface area contributed by atoms with E-state index in [1.54, 1.807) is 12.1 Å². The van der Waals surface area contributed by atoms with Crippen molar-refractivity contribution in [1.29, 1.82) is 5.26 Å². The Labute approximate surface area is 111 Å². The van der Waals surface area contributed by atoms with Gasteiger partial charge in [0.15, 0.2) is 0 Å². The SMILES string of the molecule is C[C@@H](NCc1ccc(C#N)o1)c1ccc(Cl)cc1. The van der Waals surface area contributed by atoms with Crippen LogP contribution >= 0.6 is 11.6 Å². The Hall–Kier alpha value is -1.76. The molecule has 0 aliphatic carbocycles. The van der Waals surface area contributed by atoms with Gasteiger partial charge in [-0.1, -0.05) is 23.7 Å². The average molecular weight is 261 g/mol. The van der Waals surface area contributed by atoms with E-state index >= 15 is 0 Å². The molecular formula is C14H13ClN2O. The first-order valence-electron chi connectivity index (χ1n) is 5.66. The summed E-state index contributed by atoms with van der Waals surface area (Å²) in [5.41, 5.74) is 1.16. The molecular weight excluding hydrogens is 248 g/mol. The van der Waals surface area contributed by atoms with E-state index in [4.69, 9.17) is 21.3 Å². The lowest BCUT2D eigenvalue weighted by atomic mass is 10.1. The maximum Gasteiger partial charge on any atom is 0.203 e. The van der Waals surface area contributed by atoms with Crippen molar-refractivity contribution in [2.24, 2.45) is 0 Å². The Morgan fingerprint density at radius 2 is 2.00 bits per heavy atom. The fourth-order valence-electron chi connectivity index (χ4n) is 1.66. The Balaban J connectivity index is 1.94. The van der Waals surface area contributed by atoms with Gasteiger partial charge < -0.3 is 9.73 Å². The first kappa shape index (κ1) is 12.7. The molecule has 0 amide bonds. The van der Waals surface area contributed by atoms with Crippen LogP contribution < -0.4 is 5.32 Å². The lowest BCUT2D eigenvalue weighted by Crippen LogP contribution is -2.17. The van der Waals surface area contributed by atoms with Crippen LogP contribution in [0.3, 0.4) is 0 Å². The molecule has 2 aromatic rings. The maximum absolute atomic E-state index is 8.66. The lowest BCUT2D eigenvalue weighted by Gasteiger charge is -2.13. The van der Waals surface area contributed by atoms with E-state index < -0.39 is 0 Å². The van der Waals surface area contributed by atoms with Gasteiger partial charge in [0.1, 0.15) is 11.8 Å². The quantitative estimate of drug-likeness (QED) is 0.913. The second kappa shape index (κ2) is 5.72. The van der Waals surface area contributed by atoms with Crippen LogP contribution in [0.25, 0.3) is 0 Å². The highest BCUT2D eigenvalue weighted by Gasteiger charge is 2.06. The van der Waals surface area contributed by atoms with Gasteiger partial charge in [-0.25, -0.2) is 0 Å². The predicted molar refractivity (Wildman–Crippen MR) is 70.1 cm³/mol. The van der Waals surface area contributed by atoms with E-state index in [-0.39, 0.29) is 6.04 Å². The van der Waals surface area contributed by atoms with E-state index in [1.807, 2.05) is 30.3 Å². The molecule has 0 saturated carbocycles. The maximum atomic E-state index is 8.66. The largest absolute Gasteiger partial charge is 0.449 e. The molecule has 1 atom stereocenters. The van der Waals surface area contributed by atoms with Crippen LogP contribution in [0.5, 0.6) is 0 Å². The van der Waals surface area contributed by atoms with Crippen LogP contribution in [0.4, 0.5) is 0 Å². The van der Waals surface area contributed by atoms with Gasteiger partial charge in [-0.05, 0) is 36.8 Å². The summed E-state index contributed by atoms with van der Waals surface area (Å²) in [5.74, 6) is 1.10. The minimum Gasteiger partial charge on any atom is -0.449 e. The highest BCUT2D eigenvalue weighted by Crippen LogP contribution is 2.17. The first-order valence-corrected chi connectivity index (χ1v) is 6.04. The zero-order valence-electron chi connectivity index (χ0n) is 9.98. The molecule has 4 heteroatoms. The average Bonchev–Trinajstić information content (AvgIpc) is 2.85. The van der Waals surface area contributed by atoms with Gasteiger partial charge in [-0.15, -0.1) is 0 Å². The van der Waals surface area contributed by atoms with Crippen LogP contribution in [0.15, 0.2) is 40.8 Å². The van der Waals surface area contributed by atoms with Crippen LogP contribution in [0.2, 0.25) is 5.02 Å². The number of nitrogens with zero attached hydrogens (tertiary/aromatic N) is 1. The van der Waals surface area contributed by atoms with E-state index in [1.165, 1.54) is 0 Å². The third-order valence-corrected chi connectivity index (χ3v) is 2.98. The molecule has 0 aliphatic rings. The molecule has 1 N–H and O–H groups in total. The zero-order chi connectivity index (χ0) is 13.0. The summed E-state index contributed by atoms with van der Waals surface area (Å²) in [4.78, 5) is 0. The predicted octanol–water partition coefficient (Wildman–Crippen LogP) is 3.66. The molecule has 0 radical (unpaired) electrons. The first-order chi connectivity index (χ1) is 8.69. The van der Waals surface area contributed by atoms with Crippen molar-refractivity contribution >= 4 is 11.6 Å². The summed E-state index contributed by atoms with van der Waals surface area (Å²) in [7, 11) is 0. The summed E-state index contributed by atoms with van der Waals surface area (Å²) >= 11 is 5.84. The van der Waals surface area contributed by atoms with Crippen molar-refractivity contribution < 1.29 is 4.42 Å². The van der Waals surface area contributed by atoms with Crippen molar-refractivity contribution in [2.75, 3.05) is 0 Å². The molecule has 2 rings (SSSR count). The van der Waals surface area contributed by atoms with E-state index in [9.17, 15) is 0 Å². The molecule has 0 unspecified atom stereocenters. The van der Waals surface area contributed by atoms with Gasteiger partial charge in [0.2, 0.25) is 5.76 Å². The smallest absolute Gasteiger partial charge is 0.203 e. The van der Waals surface area contributed by atoms with Crippen molar-refractivity contribution in [3.63, 3.8) is 0 Å². The Kier molecular flexibility index (Phi) is 4.03. The minimum atomic E-state index is 0.193. The standard InChI is InChI=1S/C14H13ClN2O/c1-10(11-2-4-12(15)5-3-11)17-9-14-7-6-13(8-16)18-14/h2-7,10,17H,9H2,1H3/t10-/m1/s1. The summed E-state index contributed by atoms with van der Waals surface area (Å²) in [6.45, 7) is 2.66. The summed E-state index contributed by atoms with van der Waals surface area (Å²) < 4.78 is 5.29. The number of hydrogen-bond acceptors (Lipinski definition) is 3. The summed E-state index contributed by atoms with van der Waals surface area (Å²) in [6, 6.07) is 13.4. The van der Waals surface area contributed by atoms with Crippen molar-refractivity contribution in [2.45, 2.75) is 19.5 Å². The van der Waals surface area contributed by atoms with Gasteiger partial charge in [-0.3, -0.25) is 0 Å². The Bertz CT molecular complexity index is 554. The number of halogens is 1. The molecule has 3 nitrogen and oxygen atoms in total.